The Bertz CT molecular complexity index is 337. The summed E-state index contributed by atoms with van der Waals surface area (Å²) in [6.45, 7) is 0.426. The van der Waals surface area contributed by atoms with Crippen molar-refractivity contribution in [2.75, 3.05) is 20.3 Å². The molecule has 0 fully saturated rings. The third kappa shape index (κ3) is 3.86. The molecule has 1 atom stereocenters. The zero-order chi connectivity index (χ0) is 12.0. The van der Waals surface area contributed by atoms with Crippen molar-refractivity contribution in [2.45, 2.75) is 12.5 Å². The Labute approximate surface area is 107 Å². The predicted molar refractivity (Wildman–Crippen MR) is 66.9 cm³/mol. The SMILES string of the molecule is COCC(CCO)NC(=O)c1sccc1Br. The Hall–Kier alpha value is -0.430. The molecule has 6 heteroatoms. The number of amides is 1. The highest BCUT2D eigenvalue weighted by molar-refractivity contribution is 9.10. The molecule has 0 radical (unpaired) electrons. The van der Waals surface area contributed by atoms with Crippen LogP contribution in [0.15, 0.2) is 15.9 Å². The molecule has 2 N–H and O–H groups in total. The van der Waals surface area contributed by atoms with E-state index in [0.717, 1.165) is 4.47 Å². The van der Waals surface area contributed by atoms with Gasteiger partial charge in [-0.05, 0) is 33.8 Å². The zero-order valence-electron chi connectivity index (χ0n) is 8.90. The third-order valence-corrected chi connectivity index (χ3v) is 3.84. The molecule has 4 nitrogen and oxygen atoms in total. The number of carbonyl (C=O) groups is 1. The minimum Gasteiger partial charge on any atom is -0.396 e. The molecule has 0 saturated heterocycles. The van der Waals surface area contributed by atoms with Gasteiger partial charge in [0.25, 0.3) is 5.91 Å². The second kappa shape index (κ2) is 7.01. The summed E-state index contributed by atoms with van der Waals surface area (Å²) in [6, 6.07) is 1.67. The Morgan fingerprint density at radius 3 is 3.00 bits per heavy atom. The maximum Gasteiger partial charge on any atom is 0.262 e. The number of ether oxygens (including phenoxy) is 1. The van der Waals surface area contributed by atoms with Gasteiger partial charge in [0.15, 0.2) is 0 Å². The molecule has 0 aliphatic heterocycles. The number of halogens is 1. The second-order valence-electron chi connectivity index (χ2n) is 3.24. The van der Waals surface area contributed by atoms with Gasteiger partial charge in [-0.1, -0.05) is 0 Å². The number of aliphatic hydroxyl groups excluding tert-OH is 1. The Morgan fingerprint density at radius 1 is 1.75 bits per heavy atom. The van der Waals surface area contributed by atoms with Crippen LogP contribution in [-0.2, 0) is 4.74 Å². The summed E-state index contributed by atoms with van der Waals surface area (Å²) in [5, 5.41) is 13.5. The average Bonchev–Trinajstić information content (AvgIpc) is 2.65. The molecule has 0 aliphatic carbocycles. The number of nitrogens with one attached hydrogen (secondary N) is 1. The van der Waals surface area contributed by atoms with Gasteiger partial charge in [-0.15, -0.1) is 11.3 Å². The highest BCUT2D eigenvalue weighted by Gasteiger charge is 2.16. The summed E-state index contributed by atoms with van der Waals surface area (Å²) in [4.78, 5) is 12.5. The molecular weight excluding hydrogens is 294 g/mol. The lowest BCUT2D eigenvalue weighted by Gasteiger charge is -2.16. The van der Waals surface area contributed by atoms with Crippen LogP contribution < -0.4 is 5.32 Å². The molecule has 0 bridgehead atoms. The van der Waals surface area contributed by atoms with E-state index in [2.05, 4.69) is 21.2 Å². The highest BCUT2D eigenvalue weighted by Crippen LogP contribution is 2.22. The minimum absolute atomic E-state index is 0.0277. The minimum atomic E-state index is -0.156. The van der Waals surface area contributed by atoms with E-state index in [4.69, 9.17) is 9.84 Å². The standard InChI is InChI=1S/C10H14BrNO3S/c1-15-6-7(2-4-13)12-10(14)9-8(11)3-5-16-9/h3,5,7,13H,2,4,6H2,1H3,(H,12,14). The summed E-state index contributed by atoms with van der Waals surface area (Å²) >= 11 is 4.68. The molecular formula is C10H14BrNO3S. The van der Waals surface area contributed by atoms with Crippen molar-refractivity contribution >= 4 is 33.2 Å². The fourth-order valence-electron chi connectivity index (χ4n) is 1.26. The molecule has 1 heterocycles. The lowest BCUT2D eigenvalue weighted by Crippen LogP contribution is -2.38. The van der Waals surface area contributed by atoms with Crippen LogP contribution in [0.2, 0.25) is 0 Å². The largest absolute Gasteiger partial charge is 0.396 e. The van der Waals surface area contributed by atoms with Crippen LogP contribution in [0, 0.1) is 0 Å². The van der Waals surface area contributed by atoms with Gasteiger partial charge in [0.05, 0.1) is 12.6 Å². The summed E-state index contributed by atoms with van der Waals surface area (Å²) in [6.07, 6.45) is 0.489. The first kappa shape index (κ1) is 13.6. The molecule has 1 amide bonds. The van der Waals surface area contributed by atoms with Gasteiger partial charge in [-0.2, -0.15) is 0 Å². The van der Waals surface area contributed by atoms with E-state index in [1.165, 1.54) is 11.3 Å². The molecule has 0 spiro atoms. The number of thiophene rings is 1. The van der Waals surface area contributed by atoms with Gasteiger partial charge < -0.3 is 15.2 Å². The molecule has 0 saturated carbocycles. The number of hydrogen-bond acceptors (Lipinski definition) is 4. The van der Waals surface area contributed by atoms with E-state index in [9.17, 15) is 4.79 Å². The lowest BCUT2D eigenvalue weighted by atomic mass is 10.2. The van der Waals surface area contributed by atoms with E-state index in [1.807, 2.05) is 11.4 Å². The maximum atomic E-state index is 11.8. The van der Waals surface area contributed by atoms with E-state index in [0.29, 0.717) is 17.9 Å². The van der Waals surface area contributed by atoms with Crippen LogP contribution in [-0.4, -0.2) is 37.4 Å². The van der Waals surface area contributed by atoms with Gasteiger partial charge in [-0.3, -0.25) is 4.79 Å². The second-order valence-corrected chi connectivity index (χ2v) is 5.01. The van der Waals surface area contributed by atoms with Gasteiger partial charge in [0.1, 0.15) is 4.88 Å². The van der Waals surface area contributed by atoms with Crippen molar-refractivity contribution in [3.63, 3.8) is 0 Å². The van der Waals surface area contributed by atoms with Crippen LogP contribution in [0.4, 0.5) is 0 Å². The van der Waals surface area contributed by atoms with E-state index < -0.39 is 0 Å². The number of hydrogen-bond donors (Lipinski definition) is 2. The quantitative estimate of drug-likeness (QED) is 0.840. The van der Waals surface area contributed by atoms with Crippen LogP contribution in [0.5, 0.6) is 0 Å². The molecule has 1 aromatic rings. The van der Waals surface area contributed by atoms with Crippen LogP contribution in [0.1, 0.15) is 16.1 Å². The first-order valence-corrected chi connectivity index (χ1v) is 6.50. The van der Waals surface area contributed by atoms with Gasteiger partial charge in [0.2, 0.25) is 0 Å². The van der Waals surface area contributed by atoms with E-state index in [1.54, 1.807) is 7.11 Å². The normalized spacial score (nSPS) is 12.4. The number of aliphatic hydroxyl groups is 1. The van der Waals surface area contributed by atoms with Crippen molar-refractivity contribution in [1.82, 2.24) is 5.32 Å². The molecule has 0 aliphatic rings. The van der Waals surface area contributed by atoms with Crippen molar-refractivity contribution < 1.29 is 14.6 Å². The fraction of sp³-hybridized carbons (Fsp3) is 0.500. The fourth-order valence-corrected chi connectivity index (χ4v) is 2.72. The molecule has 0 aromatic carbocycles. The maximum absolute atomic E-state index is 11.8. The Morgan fingerprint density at radius 2 is 2.50 bits per heavy atom. The topological polar surface area (TPSA) is 58.6 Å². The van der Waals surface area contributed by atoms with Crippen molar-refractivity contribution in [1.29, 1.82) is 0 Å². The Kier molecular flexibility index (Phi) is 5.97. The number of rotatable bonds is 6. The van der Waals surface area contributed by atoms with Gasteiger partial charge >= 0.3 is 0 Å². The number of methoxy groups -OCH3 is 1. The third-order valence-electron chi connectivity index (χ3n) is 2.00. The summed E-state index contributed by atoms with van der Waals surface area (Å²) in [5.41, 5.74) is 0. The molecule has 90 valence electrons. The summed E-state index contributed by atoms with van der Waals surface area (Å²) in [7, 11) is 1.57. The van der Waals surface area contributed by atoms with Crippen molar-refractivity contribution in [2.24, 2.45) is 0 Å². The van der Waals surface area contributed by atoms with E-state index >= 15 is 0 Å². The summed E-state index contributed by atoms with van der Waals surface area (Å²) in [5.74, 6) is -0.141. The predicted octanol–water partition coefficient (Wildman–Crippen LogP) is 1.64. The molecule has 1 aromatic heterocycles. The zero-order valence-corrected chi connectivity index (χ0v) is 11.3. The lowest BCUT2D eigenvalue weighted by molar-refractivity contribution is 0.0882. The van der Waals surface area contributed by atoms with E-state index in [-0.39, 0.29) is 18.6 Å². The summed E-state index contributed by atoms with van der Waals surface area (Å²) < 4.78 is 5.76. The molecule has 1 rings (SSSR count). The monoisotopic (exact) mass is 307 g/mol. The smallest absolute Gasteiger partial charge is 0.262 e. The molecule has 16 heavy (non-hydrogen) atoms. The number of carbonyl (C=O) groups excluding carboxylic acids is 1. The average molecular weight is 308 g/mol. The van der Waals surface area contributed by atoms with Gasteiger partial charge in [0, 0.05) is 18.2 Å². The molecule has 1 unspecified atom stereocenters. The van der Waals surface area contributed by atoms with Crippen LogP contribution in [0.25, 0.3) is 0 Å². The first-order chi connectivity index (χ1) is 7.69. The highest BCUT2D eigenvalue weighted by atomic mass is 79.9. The first-order valence-electron chi connectivity index (χ1n) is 4.82. The Balaban J connectivity index is 2.58. The van der Waals surface area contributed by atoms with Crippen LogP contribution >= 0.6 is 27.3 Å². The van der Waals surface area contributed by atoms with Gasteiger partial charge in [-0.25, -0.2) is 0 Å². The van der Waals surface area contributed by atoms with Crippen molar-refractivity contribution in [3.05, 3.63) is 20.8 Å². The van der Waals surface area contributed by atoms with Crippen LogP contribution in [0.3, 0.4) is 0 Å². The van der Waals surface area contributed by atoms with Crippen molar-refractivity contribution in [3.8, 4) is 0 Å².